The SMILES string of the molecule is COCOc1ccc(B2OC(C)(C)C(C)(C)O2)cc1[CH]=[Ti]. The summed E-state index contributed by atoms with van der Waals surface area (Å²) in [6.07, 6.45) is 0. The molecule has 0 aliphatic carbocycles. The summed E-state index contributed by atoms with van der Waals surface area (Å²) in [7, 11) is 1.25. The molecule has 1 aliphatic rings. The van der Waals surface area contributed by atoms with E-state index in [2.05, 4.69) is 27.7 Å². The molecule has 0 spiro atoms. The van der Waals surface area contributed by atoms with Gasteiger partial charge in [-0.3, -0.25) is 0 Å². The Morgan fingerprint density at radius 1 is 1.19 bits per heavy atom. The van der Waals surface area contributed by atoms with Crippen LogP contribution in [0.4, 0.5) is 0 Å². The average molecular weight is 324 g/mol. The number of methoxy groups -OCH3 is 1. The van der Waals surface area contributed by atoms with Gasteiger partial charge in [0.2, 0.25) is 0 Å². The summed E-state index contributed by atoms with van der Waals surface area (Å²) in [5.74, 6) is 0.791. The van der Waals surface area contributed by atoms with Gasteiger partial charge in [0.05, 0.1) is 0 Å². The first-order valence-corrected chi connectivity index (χ1v) is 7.82. The first-order valence-electron chi connectivity index (χ1n) is 6.92. The normalized spacial score (nSPS) is 19.5. The summed E-state index contributed by atoms with van der Waals surface area (Å²) < 4.78 is 24.6. The van der Waals surface area contributed by atoms with Crippen LogP contribution in [-0.2, 0) is 34.0 Å². The Morgan fingerprint density at radius 3 is 2.33 bits per heavy atom. The van der Waals surface area contributed by atoms with Crippen LogP contribution >= 0.6 is 0 Å². The predicted octanol–water partition coefficient (Wildman–Crippen LogP) is 1.67. The Labute approximate surface area is 138 Å². The van der Waals surface area contributed by atoms with Crippen LogP contribution in [0.3, 0.4) is 0 Å². The zero-order chi connectivity index (χ0) is 15.7. The number of hydrogen-bond acceptors (Lipinski definition) is 4. The van der Waals surface area contributed by atoms with Crippen LogP contribution in [0.2, 0.25) is 0 Å². The first-order chi connectivity index (χ1) is 9.80. The van der Waals surface area contributed by atoms with Crippen molar-refractivity contribution in [1.29, 1.82) is 0 Å². The molecule has 112 valence electrons. The van der Waals surface area contributed by atoms with E-state index in [-0.39, 0.29) is 25.1 Å². The van der Waals surface area contributed by atoms with E-state index in [4.69, 9.17) is 18.8 Å². The van der Waals surface area contributed by atoms with E-state index in [0.29, 0.717) is 0 Å². The van der Waals surface area contributed by atoms with Crippen molar-refractivity contribution in [1.82, 2.24) is 0 Å². The Hall–Kier alpha value is -0.451. The fourth-order valence-corrected chi connectivity index (χ4v) is 2.41. The first kappa shape index (κ1) is 16.9. The van der Waals surface area contributed by atoms with E-state index < -0.39 is 0 Å². The summed E-state index contributed by atoms with van der Waals surface area (Å²) in [4.78, 5) is 0. The van der Waals surface area contributed by atoms with Crippen molar-refractivity contribution >= 4 is 16.9 Å². The molecule has 1 aromatic carbocycles. The zero-order valence-corrected chi connectivity index (χ0v) is 14.8. The maximum absolute atomic E-state index is 6.07. The number of rotatable bonds is 5. The second-order valence-corrected chi connectivity index (χ2v) is 6.53. The van der Waals surface area contributed by atoms with E-state index in [1.165, 1.54) is 0 Å². The molecule has 1 fully saturated rings. The summed E-state index contributed by atoms with van der Waals surface area (Å²) in [5.41, 5.74) is 1.32. The van der Waals surface area contributed by atoms with Gasteiger partial charge < -0.3 is 0 Å². The van der Waals surface area contributed by atoms with Crippen LogP contribution < -0.4 is 10.2 Å². The molecular weight excluding hydrogens is 303 g/mol. The summed E-state index contributed by atoms with van der Waals surface area (Å²) >= 11 is 1.98. The van der Waals surface area contributed by atoms with Gasteiger partial charge in [-0.2, -0.15) is 0 Å². The van der Waals surface area contributed by atoms with Crippen molar-refractivity contribution < 1.29 is 38.8 Å². The maximum atomic E-state index is 6.07. The van der Waals surface area contributed by atoms with Crippen molar-refractivity contribution in [2.75, 3.05) is 13.9 Å². The molecule has 0 saturated carbocycles. The van der Waals surface area contributed by atoms with Gasteiger partial charge in [-0.05, 0) is 0 Å². The predicted molar refractivity (Wildman–Crippen MR) is 79.8 cm³/mol. The van der Waals surface area contributed by atoms with Crippen LogP contribution in [0.1, 0.15) is 33.3 Å². The second-order valence-electron chi connectivity index (χ2n) is 6.08. The van der Waals surface area contributed by atoms with Gasteiger partial charge in [-0.15, -0.1) is 0 Å². The van der Waals surface area contributed by atoms with Crippen LogP contribution in [0.5, 0.6) is 5.75 Å². The quantitative estimate of drug-likeness (QED) is 0.610. The van der Waals surface area contributed by atoms with Crippen molar-refractivity contribution in [3.8, 4) is 5.75 Å². The van der Waals surface area contributed by atoms with Crippen molar-refractivity contribution in [2.24, 2.45) is 0 Å². The third-order valence-electron chi connectivity index (χ3n) is 4.05. The Kier molecular flexibility index (Phi) is 5.11. The minimum absolute atomic E-state index is 0.233. The fourth-order valence-electron chi connectivity index (χ4n) is 2.06. The molecule has 0 aromatic heterocycles. The van der Waals surface area contributed by atoms with Gasteiger partial charge >= 0.3 is 138 Å². The van der Waals surface area contributed by atoms with Crippen LogP contribution in [0, 0.1) is 0 Å². The number of hydrogen-bond donors (Lipinski definition) is 0. The van der Waals surface area contributed by atoms with Gasteiger partial charge in [0.25, 0.3) is 0 Å². The second kappa shape index (κ2) is 6.35. The molecule has 1 aliphatic heterocycles. The third kappa shape index (κ3) is 3.49. The van der Waals surface area contributed by atoms with Crippen LogP contribution in [-0.4, -0.2) is 36.5 Å². The van der Waals surface area contributed by atoms with Gasteiger partial charge in [0, 0.05) is 0 Å². The Balaban J connectivity index is 2.24. The number of benzene rings is 1. The van der Waals surface area contributed by atoms with E-state index in [9.17, 15) is 0 Å². The van der Waals surface area contributed by atoms with Gasteiger partial charge in [-0.1, -0.05) is 0 Å². The van der Waals surface area contributed by atoms with E-state index in [1.807, 2.05) is 42.5 Å². The number of ether oxygens (including phenoxy) is 2. The molecule has 0 N–H and O–H groups in total. The molecule has 0 atom stereocenters. The minimum atomic E-state index is -0.356. The molecule has 0 bridgehead atoms. The molecule has 0 unspecified atom stereocenters. The molecule has 21 heavy (non-hydrogen) atoms. The van der Waals surface area contributed by atoms with Crippen molar-refractivity contribution in [3.05, 3.63) is 23.8 Å². The fraction of sp³-hybridized carbons (Fsp3) is 0.533. The molecule has 2 rings (SSSR count). The molecule has 4 nitrogen and oxygen atoms in total. The monoisotopic (exact) mass is 324 g/mol. The van der Waals surface area contributed by atoms with Gasteiger partial charge in [0.15, 0.2) is 0 Å². The molecule has 1 saturated heterocycles. The standard InChI is InChI=1S/C15H21BO4.Ti/c1-11-9-12(7-8-13(11)18-10-17-6)16-19-14(2,3)15(4,5)20-16;/h1,7-9H,10H2,2-6H3;. The molecule has 6 heteroatoms. The third-order valence-corrected chi connectivity index (χ3v) is 4.53. The molecule has 1 aromatic rings. The summed E-state index contributed by atoms with van der Waals surface area (Å²) in [6.45, 7) is 8.44. The van der Waals surface area contributed by atoms with E-state index >= 15 is 0 Å². The summed E-state index contributed by atoms with van der Waals surface area (Å²) in [6, 6.07) is 5.93. The molecule has 1 heterocycles. The summed E-state index contributed by atoms with van der Waals surface area (Å²) in [5, 5.41) is 0. The van der Waals surface area contributed by atoms with Gasteiger partial charge in [0.1, 0.15) is 0 Å². The molecular formula is C15H21BO4Ti. The Bertz CT molecular complexity index is 514. The van der Waals surface area contributed by atoms with Crippen molar-refractivity contribution in [3.63, 3.8) is 0 Å². The van der Waals surface area contributed by atoms with E-state index in [0.717, 1.165) is 16.8 Å². The molecule has 0 amide bonds. The zero-order valence-electron chi connectivity index (χ0n) is 13.2. The van der Waals surface area contributed by atoms with Gasteiger partial charge in [-0.25, -0.2) is 0 Å². The van der Waals surface area contributed by atoms with Crippen LogP contribution in [0.15, 0.2) is 18.2 Å². The topological polar surface area (TPSA) is 36.9 Å². The average Bonchev–Trinajstić information content (AvgIpc) is 2.65. The van der Waals surface area contributed by atoms with E-state index in [1.54, 1.807) is 7.11 Å². The van der Waals surface area contributed by atoms with Crippen molar-refractivity contribution in [2.45, 2.75) is 38.9 Å². The van der Waals surface area contributed by atoms with Crippen LogP contribution in [0.25, 0.3) is 0 Å². The Morgan fingerprint density at radius 2 is 1.81 bits per heavy atom. The molecule has 0 radical (unpaired) electrons.